The van der Waals surface area contributed by atoms with Crippen LogP contribution >= 0.6 is 11.8 Å². The van der Waals surface area contributed by atoms with Crippen LogP contribution in [-0.2, 0) is 7.05 Å². The number of aryl methyl sites for hydroxylation is 3. The summed E-state index contributed by atoms with van der Waals surface area (Å²) in [6.45, 7) is 3.92. The van der Waals surface area contributed by atoms with Crippen molar-refractivity contribution in [3.05, 3.63) is 33.7 Å². The van der Waals surface area contributed by atoms with Crippen molar-refractivity contribution in [1.29, 1.82) is 0 Å². The average molecular weight is 264 g/mol. The van der Waals surface area contributed by atoms with Gasteiger partial charge in [-0.25, -0.2) is 14.0 Å². The number of nitrogens with two attached hydrogens (primary N) is 1. The highest BCUT2D eigenvalue weighted by Crippen LogP contribution is 2.23. The predicted octanol–water partition coefficient (Wildman–Crippen LogP) is 1.49. The number of hydrogen-bond acceptors (Lipinski definition) is 4. The maximum Gasteiger partial charge on any atom is 0.350 e. The van der Waals surface area contributed by atoms with Crippen LogP contribution in [0.3, 0.4) is 0 Å². The van der Waals surface area contributed by atoms with Crippen molar-refractivity contribution >= 4 is 17.4 Å². The van der Waals surface area contributed by atoms with Gasteiger partial charge in [0, 0.05) is 12.7 Å². The van der Waals surface area contributed by atoms with Gasteiger partial charge in [0.2, 0.25) is 0 Å². The van der Waals surface area contributed by atoms with E-state index in [2.05, 4.69) is 5.10 Å². The van der Waals surface area contributed by atoms with Gasteiger partial charge >= 0.3 is 5.69 Å². The van der Waals surface area contributed by atoms with Crippen molar-refractivity contribution in [2.24, 2.45) is 7.05 Å². The Morgan fingerprint density at radius 1 is 1.28 bits per heavy atom. The standard InChI is InChI=1S/C12H16N4OS/c1-7-5-8(2)10(6-9(7)13)16-11(18-4)14-15(3)12(16)17/h5-6H,13H2,1-4H3. The van der Waals surface area contributed by atoms with Crippen LogP contribution in [0.1, 0.15) is 11.1 Å². The van der Waals surface area contributed by atoms with Crippen LogP contribution in [0.15, 0.2) is 22.1 Å². The first-order valence-corrected chi connectivity index (χ1v) is 6.75. The normalized spacial score (nSPS) is 10.9. The summed E-state index contributed by atoms with van der Waals surface area (Å²) in [5.41, 5.74) is 9.26. The maximum absolute atomic E-state index is 12.1. The zero-order valence-electron chi connectivity index (χ0n) is 10.9. The first-order valence-electron chi connectivity index (χ1n) is 5.53. The van der Waals surface area contributed by atoms with Gasteiger partial charge in [0.05, 0.1) is 5.69 Å². The summed E-state index contributed by atoms with van der Waals surface area (Å²) in [6, 6.07) is 3.81. The van der Waals surface area contributed by atoms with E-state index < -0.39 is 0 Å². The number of rotatable bonds is 2. The molecule has 0 aliphatic rings. The van der Waals surface area contributed by atoms with E-state index in [0.29, 0.717) is 10.8 Å². The molecule has 0 atom stereocenters. The molecule has 0 saturated carbocycles. The molecule has 0 aliphatic heterocycles. The lowest BCUT2D eigenvalue weighted by atomic mass is 10.1. The zero-order chi connectivity index (χ0) is 13.4. The Bertz CT molecular complexity index is 657. The first kappa shape index (κ1) is 12.8. The molecule has 1 heterocycles. The molecule has 0 fully saturated rings. The highest BCUT2D eigenvalue weighted by atomic mass is 32.2. The van der Waals surface area contributed by atoms with E-state index in [1.165, 1.54) is 16.4 Å². The first-order chi connectivity index (χ1) is 8.45. The number of benzene rings is 1. The van der Waals surface area contributed by atoms with Gasteiger partial charge in [-0.3, -0.25) is 0 Å². The number of aromatic nitrogens is 3. The number of hydrogen-bond donors (Lipinski definition) is 1. The molecule has 18 heavy (non-hydrogen) atoms. The molecular formula is C12H16N4OS. The SMILES string of the molecule is CSc1nn(C)c(=O)n1-c1cc(N)c(C)cc1C. The molecule has 5 nitrogen and oxygen atoms in total. The van der Waals surface area contributed by atoms with E-state index in [4.69, 9.17) is 5.73 Å². The molecular weight excluding hydrogens is 248 g/mol. The van der Waals surface area contributed by atoms with E-state index in [-0.39, 0.29) is 5.69 Å². The van der Waals surface area contributed by atoms with Crippen LogP contribution < -0.4 is 11.4 Å². The van der Waals surface area contributed by atoms with Crippen LogP contribution in [0.2, 0.25) is 0 Å². The summed E-state index contributed by atoms with van der Waals surface area (Å²) < 4.78 is 2.93. The molecule has 0 spiro atoms. The van der Waals surface area contributed by atoms with Gasteiger partial charge in [-0.2, -0.15) is 0 Å². The molecule has 0 aliphatic carbocycles. The predicted molar refractivity (Wildman–Crippen MR) is 74.5 cm³/mol. The lowest BCUT2D eigenvalue weighted by Gasteiger charge is -2.10. The van der Waals surface area contributed by atoms with Crippen molar-refractivity contribution in [2.75, 3.05) is 12.0 Å². The summed E-state index contributed by atoms with van der Waals surface area (Å²) in [4.78, 5) is 12.1. The fourth-order valence-electron chi connectivity index (χ4n) is 1.88. The third-order valence-electron chi connectivity index (χ3n) is 2.90. The summed E-state index contributed by atoms with van der Waals surface area (Å²) in [7, 11) is 1.64. The largest absolute Gasteiger partial charge is 0.398 e. The average Bonchev–Trinajstić information content (AvgIpc) is 2.60. The lowest BCUT2D eigenvalue weighted by Crippen LogP contribution is -2.22. The van der Waals surface area contributed by atoms with Crippen molar-refractivity contribution < 1.29 is 0 Å². The fourth-order valence-corrected chi connectivity index (χ4v) is 2.44. The minimum Gasteiger partial charge on any atom is -0.398 e. The summed E-state index contributed by atoms with van der Waals surface area (Å²) in [5.74, 6) is 0. The van der Waals surface area contributed by atoms with Crippen molar-refractivity contribution in [3.63, 3.8) is 0 Å². The maximum atomic E-state index is 12.1. The monoisotopic (exact) mass is 264 g/mol. The van der Waals surface area contributed by atoms with E-state index in [9.17, 15) is 4.79 Å². The van der Waals surface area contributed by atoms with Crippen molar-refractivity contribution in [2.45, 2.75) is 19.0 Å². The molecule has 0 unspecified atom stereocenters. The van der Waals surface area contributed by atoms with Gasteiger partial charge in [0.15, 0.2) is 5.16 Å². The highest BCUT2D eigenvalue weighted by Gasteiger charge is 2.14. The number of thioether (sulfide) groups is 1. The van der Waals surface area contributed by atoms with E-state index in [0.717, 1.165) is 16.8 Å². The van der Waals surface area contributed by atoms with Gasteiger partial charge in [-0.1, -0.05) is 17.8 Å². The van der Waals surface area contributed by atoms with Gasteiger partial charge in [-0.15, -0.1) is 5.10 Å². The van der Waals surface area contributed by atoms with Crippen LogP contribution in [-0.4, -0.2) is 20.6 Å². The van der Waals surface area contributed by atoms with Crippen LogP contribution in [0, 0.1) is 13.8 Å². The molecule has 2 aromatic rings. The Balaban J connectivity index is 2.77. The molecule has 2 rings (SSSR count). The third-order valence-corrected chi connectivity index (χ3v) is 3.53. The third kappa shape index (κ3) is 1.92. The second-order valence-corrected chi connectivity index (χ2v) is 5.00. The number of nitrogens with zero attached hydrogens (tertiary/aromatic N) is 3. The van der Waals surface area contributed by atoms with Gasteiger partial charge in [-0.05, 0) is 37.3 Å². The highest BCUT2D eigenvalue weighted by molar-refractivity contribution is 7.98. The molecule has 96 valence electrons. The Kier molecular flexibility index (Phi) is 3.21. The molecule has 0 radical (unpaired) electrons. The summed E-state index contributed by atoms with van der Waals surface area (Å²) in [5, 5.41) is 4.85. The van der Waals surface area contributed by atoms with Crippen LogP contribution in [0.25, 0.3) is 5.69 Å². The Morgan fingerprint density at radius 2 is 1.94 bits per heavy atom. The second-order valence-electron chi connectivity index (χ2n) is 4.22. The Labute approximate surface area is 110 Å². The number of nitrogen functional groups attached to an aromatic ring is 1. The second kappa shape index (κ2) is 4.53. The van der Waals surface area contributed by atoms with E-state index >= 15 is 0 Å². The molecule has 1 aromatic carbocycles. The Hall–Kier alpha value is -1.69. The molecule has 0 saturated heterocycles. The minimum absolute atomic E-state index is 0.161. The van der Waals surface area contributed by atoms with Crippen LogP contribution in [0.5, 0.6) is 0 Å². The lowest BCUT2D eigenvalue weighted by molar-refractivity contribution is 0.714. The molecule has 6 heteroatoms. The summed E-state index contributed by atoms with van der Waals surface area (Å²) >= 11 is 1.43. The minimum atomic E-state index is -0.161. The van der Waals surface area contributed by atoms with Crippen LogP contribution in [0.4, 0.5) is 5.69 Å². The van der Waals surface area contributed by atoms with Crippen molar-refractivity contribution in [3.8, 4) is 5.69 Å². The molecule has 2 N–H and O–H groups in total. The zero-order valence-corrected chi connectivity index (χ0v) is 11.7. The quantitative estimate of drug-likeness (QED) is 0.659. The van der Waals surface area contributed by atoms with Gasteiger partial charge < -0.3 is 5.73 Å². The molecule has 0 amide bonds. The topological polar surface area (TPSA) is 65.8 Å². The van der Waals surface area contributed by atoms with E-state index in [1.54, 1.807) is 11.6 Å². The van der Waals surface area contributed by atoms with Gasteiger partial charge in [0.1, 0.15) is 0 Å². The molecule has 0 bridgehead atoms. The van der Waals surface area contributed by atoms with E-state index in [1.807, 2.05) is 32.2 Å². The van der Waals surface area contributed by atoms with Gasteiger partial charge in [0.25, 0.3) is 0 Å². The molecule has 1 aromatic heterocycles. The Morgan fingerprint density at radius 3 is 2.56 bits per heavy atom. The number of anilines is 1. The fraction of sp³-hybridized carbons (Fsp3) is 0.333. The smallest absolute Gasteiger partial charge is 0.350 e. The summed E-state index contributed by atoms with van der Waals surface area (Å²) in [6.07, 6.45) is 1.89. The van der Waals surface area contributed by atoms with Crippen molar-refractivity contribution in [1.82, 2.24) is 14.3 Å².